The number of nitrogens with one attached hydrogen (secondary N) is 2. The Labute approximate surface area is 176 Å². The van der Waals surface area contributed by atoms with Gasteiger partial charge < -0.3 is 15.1 Å². The Bertz CT molecular complexity index is 1170. The summed E-state index contributed by atoms with van der Waals surface area (Å²) >= 11 is 6.21. The Kier molecular flexibility index (Phi) is 5.72. The smallest absolute Gasteiger partial charge is 0.320 e. The minimum Gasteiger partial charge on any atom is -0.418 e. The van der Waals surface area contributed by atoms with Gasteiger partial charge in [0.25, 0.3) is 0 Å². The first kappa shape index (κ1) is 19.6. The predicted molar refractivity (Wildman–Crippen MR) is 112 cm³/mol. The van der Waals surface area contributed by atoms with Crippen LogP contribution in [0.1, 0.15) is 17.5 Å². The number of para-hydroxylation sites is 1. The van der Waals surface area contributed by atoms with Crippen molar-refractivity contribution in [2.45, 2.75) is 6.04 Å². The molecule has 1 heterocycles. The number of aromatic nitrogens is 2. The highest BCUT2D eigenvalue weighted by Crippen LogP contribution is 2.29. The number of hydrogen-bond acceptors (Lipinski definition) is 4. The second kappa shape index (κ2) is 8.75. The van der Waals surface area contributed by atoms with Crippen molar-refractivity contribution in [2.24, 2.45) is 0 Å². The van der Waals surface area contributed by atoms with Crippen LogP contribution >= 0.6 is 11.6 Å². The number of hydrogen-bond donors (Lipinski definition) is 2. The van der Waals surface area contributed by atoms with E-state index >= 15 is 0 Å². The van der Waals surface area contributed by atoms with Crippen molar-refractivity contribution in [2.75, 3.05) is 5.32 Å². The van der Waals surface area contributed by atoms with Gasteiger partial charge in [0.05, 0.1) is 16.3 Å². The van der Waals surface area contributed by atoms with E-state index in [0.29, 0.717) is 10.6 Å². The zero-order chi connectivity index (χ0) is 20.9. The Hall–Kier alpha value is -3.71. The van der Waals surface area contributed by atoms with Gasteiger partial charge in [-0.05, 0) is 29.8 Å². The van der Waals surface area contributed by atoms with Gasteiger partial charge in [0, 0.05) is 0 Å². The maximum Gasteiger partial charge on any atom is 0.320 e. The minimum atomic E-state index is -0.748. The summed E-state index contributed by atoms with van der Waals surface area (Å²) in [7, 11) is 0. The summed E-state index contributed by atoms with van der Waals surface area (Å²) in [6, 6.07) is 20.7. The number of carbonyl (C=O) groups is 1. The average Bonchev–Trinajstić information content (AvgIpc) is 3.24. The van der Waals surface area contributed by atoms with E-state index in [9.17, 15) is 9.18 Å². The van der Waals surface area contributed by atoms with Crippen LogP contribution in [0.2, 0.25) is 5.02 Å². The zero-order valence-corrected chi connectivity index (χ0v) is 16.3. The first-order valence-electron chi connectivity index (χ1n) is 9.07. The van der Waals surface area contributed by atoms with Crippen molar-refractivity contribution in [1.29, 1.82) is 0 Å². The fourth-order valence-corrected chi connectivity index (χ4v) is 3.10. The van der Waals surface area contributed by atoms with Gasteiger partial charge in [-0.2, -0.15) is 0 Å². The van der Waals surface area contributed by atoms with Crippen LogP contribution in [0.15, 0.2) is 83.3 Å². The number of benzene rings is 3. The molecular formula is C22H16ClFN4O2. The SMILES string of the molecule is O=C(Nc1ccccc1F)N[C@H](c1ccccc1)c1nnc(-c2ccccc2Cl)o1. The number of carbonyl (C=O) groups excluding carboxylic acids is 1. The summed E-state index contributed by atoms with van der Waals surface area (Å²) < 4.78 is 19.7. The lowest BCUT2D eigenvalue weighted by atomic mass is 10.1. The summed E-state index contributed by atoms with van der Waals surface area (Å²) in [5, 5.41) is 13.9. The van der Waals surface area contributed by atoms with Crippen molar-refractivity contribution in [1.82, 2.24) is 15.5 Å². The lowest BCUT2D eigenvalue weighted by Crippen LogP contribution is -2.33. The van der Waals surface area contributed by atoms with Gasteiger partial charge in [0.1, 0.15) is 11.9 Å². The van der Waals surface area contributed by atoms with E-state index in [0.717, 1.165) is 5.56 Å². The number of halogens is 2. The van der Waals surface area contributed by atoms with Crippen LogP contribution in [-0.2, 0) is 0 Å². The van der Waals surface area contributed by atoms with E-state index in [1.807, 2.05) is 30.3 Å². The Balaban J connectivity index is 1.62. The maximum absolute atomic E-state index is 13.9. The highest BCUT2D eigenvalue weighted by Gasteiger charge is 2.24. The zero-order valence-electron chi connectivity index (χ0n) is 15.5. The van der Waals surface area contributed by atoms with Gasteiger partial charge in [0.2, 0.25) is 11.8 Å². The van der Waals surface area contributed by atoms with Crippen LogP contribution in [0.3, 0.4) is 0 Å². The molecule has 1 aromatic heterocycles. The molecule has 1 atom stereocenters. The standard InChI is InChI=1S/C22H16ClFN4O2/c23-16-11-5-4-10-15(16)20-27-28-21(30-20)19(14-8-2-1-3-9-14)26-22(29)25-18-13-7-6-12-17(18)24/h1-13,19H,(H2,25,26,29)/t19-/m1/s1. The number of nitrogens with zero attached hydrogens (tertiary/aromatic N) is 2. The number of amides is 2. The van der Waals surface area contributed by atoms with Crippen molar-refractivity contribution >= 4 is 23.3 Å². The molecule has 0 unspecified atom stereocenters. The molecule has 0 aliphatic rings. The third-order valence-corrected chi connectivity index (χ3v) is 4.65. The van der Waals surface area contributed by atoms with Crippen molar-refractivity contribution in [3.05, 3.63) is 101 Å². The third kappa shape index (κ3) is 4.31. The van der Waals surface area contributed by atoms with Crippen LogP contribution in [0.25, 0.3) is 11.5 Å². The molecule has 0 spiro atoms. The fourth-order valence-electron chi connectivity index (χ4n) is 2.88. The van der Waals surface area contributed by atoms with Gasteiger partial charge in [-0.3, -0.25) is 0 Å². The van der Waals surface area contributed by atoms with Crippen molar-refractivity contribution in [3.63, 3.8) is 0 Å². The molecule has 2 amide bonds. The number of urea groups is 1. The Morgan fingerprint density at radius 3 is 2.40 bits per heavy atom. The molecule has 0 bridgehead atoms. The molecule has 30 heavy (non-hydrogen) atoms. The molecule has 6 nitrogen and oxygen atoms in total. The molecule has 8 heteroatoms. The molecule has 0 radical (unpaired) electrons. The first-order valence-corrected chi connectivity index (χ1v) is 9.45. The molecule has 3 aromatic carbocycles. The molecule has 0 aliphatic carbocycles. The summed E-state index contributed by atoms with van der Waals surface area (Å²) in [5.74, 6) is -0.143. The molecule has 150 valence electrons. The van der Waals surface area contributed by atoms with E-state index in [1.165, 1.54) is 12.1 Å². The summed E-state index contributed by atoms with van der Waals surface area (Å²) in [5.41, 5.74) is 1.36. The molecule has 0 aliphatic heterocycles. The van der Waals surface area contributed by atoms with Gasteiger partial charge in [0.15, 0.2) is 0 Å². The normalized spacial score (nSPS) is 11.7. The lowest BCUT2D eigenvalue weighted by molar-refractivity contribution is 0.248. The highest BCUT2D eigenvalue weighted by molar-refractivity contribution is 6.33. The Morgan fingerprint density at radius 1 is 0.933 bits per heavy atom. The minimum absolute atomic E-state index is 0.0593. The summed E-state index contributed by atoms with van der Waals surface area (Å²) in [4.78, 5) is 12.6. The molecule has 0 saturated heterocycles. The van der Waals surface area contributed by atoms with Crippen LogP contribution < -0.4 is 10.6 Å². The fraction of sp³-hybridized carbons (Fsp3) is 0.0455. The molecule has 4 rings (SSSR count). The molecular weight excluding hydrogens is 407 g/mol. The van der Waals surface area contributed by atoms with E-state index < -0.39 is 17.9 Å². The van der Waals surface area contributed by atoms with Crippen molar-refractivity contribution in [3.8, 4) is 11.5 Å². The van der Waals surface area contributed by atoms with Crippen molar-refractivity contribution < 1.29 is 13.6 Å². The van der Waals surface area contributed by atoms with Gasteiger partial charge in [-0.15, -0.1) is 10.2 Å². The maximum atomic E-state index is 13.9. The van der Waals surface area contributed by atoms with Crippen LogP contribution in [0.5, 0.6) is 0 Å². The van der Waals surface area contributed by atoms with Crippen LogP contribution in [0, 0.1) is 5.82 Å². The third-order valence-electron chi connectivity index (χ3n) is 4.32. The average molecular weight is 423 g/mol. The van der Waals surface area contributed by atoms with Gasteiger partial charge in [-0.25, -0.2) is 9.18 Å². The van der Waals surface area contributed by atoms with E-state index in [1.54, 1.807) is 36.4 Å². The number of rotatable bonds is 5. The van der Waals surface area contributed by atoms with E-state index in [2.05, 4.69) is 20.8 Å². The molecule has 2 N–H and O–H groups in total. The summed E-state index contributed by atoms with van der Waals surface area (Å²) in [6.45, 7) is 0. The second-order valence-electron chi connectivity index (χ2n) is 6.35. The largest absolute Gasteiger partial charge is 0.418 e. The lowest BCUT2D eigenvalue weighted by Gasteiger charge is -2.16. The monoisotopic (exact) mass is 422 g/mol. The Morgan fingerprint density at radius 2 is 1.63 bits per heavy atom. The van der Waals surface area contributed by atoms with Gasteiger partial charge in [-0.1, -0.05) is 66.2 Å². The van der Waals surface area contributed by atoms with Crippen LogP contribution in [-0.4, -0.2) is 16.2 Å². The number of anilines is 1. The quantitative estimate of drug-likeness (QED) is 0.448. The van der Waals surface area contributed by atoms with E-state index in [4.69, 9.17) is 16.0 Å². The topological polar surface area (TPSA) is 80.0 Å². The molecule has 4 aromatic rings. The predicted octanol–water partition coefficient (Wildman–Crippen LogP) is 5.44. The first-order chi connectivity index (χ1) is 14.6. The van der Waals surface area contributed by atoms with Gasteiger partial charge >= 0.3 is 6.03 Å². The highest BCUT2D eigenvalue weighted by atomic mass is 35.5. The second-order valence-corrected chi connectivity index (χ2v) is 6.75. The van der Waals surface area contributed by atoms with Crippen LogP contribution in [0.4, 0.5) is 14.9 Å². The molecule has 0 fully saturated rings. The van der Waals surface area contributed by atoms with E-state index in [-0.39, 0.29) is 17.5 Å². The summed E-state index contributed by atoms with van der Waals surface area (Å²) in [6.07, 6.45) is 0. The molecule has 0 saturated carbocycles.